The van der Waals surface area contributed by atoms with Crippen molar-refractivity contribution in [1.29, 1.82) is 0 Å². The van der Waals surface area contributed by atoms with Gasteiger partial charge in [0.25, 0.3) is 0 Å². The second kappa shape index (κ2) is 9.05. The number of hydrogen-bond acceptors (Lipinski definition) is 4. The molecule has 0 aliphatic carbocycles. The molecule has 0 aromatic heterocycles. The van der Waals surface area contributed by atoms with Gasteiger partial charge in [-0.05, 0) is 11.1 Å². The molecular weight excluding hydrogens is 292 g/mol. The first kappa shape index (κ1) is 17.1. The van der Waals surface area contributed by atoms with Crippen molar-refractivity contribution in [3.63, 3.8) is 0 Å². The van der Waals surface area contributed by atoms with Crippen LogP contribution in [-0.2, 0) is 4.79 Å². The molecule has 0 saturated heterocycles. The van der Waals surface area contributed by atoms with E-state index in [1.807, 2.05) is 60.7 Å². The molecule has 0 radical (unpaired) electrons. The fourth-order valence-corrected chi connectivity index (χ4v) is 2.28. The summed E-state index contributed by atoms with van der Waals surface area (Å²) >= 11 is 0. The third-order valence-electron chi connectivity index (χ3n) is 3.45. The maximum atomic E-state index is 12.2. The Kier molecular flexibility index (Phi) is 6.75. The van der Waals surface area contributed by atoms with E-state index in [9.17, 15) is 9.90 Å². The molecule has 5 nitrogen and oxygen atoms in total. The summed E-state index contributed by atoms with van der Waals surface area (Å²) < 4.78 is 0. The fraction of sp³-hybridized carbons (Fsp3) is 0.278. The first-order valence-corrected chi connectivity index (χ1v) is 7.59. The minimum atomic E-state index is -0.859. The number of aliphatic hydroxyl groups excluding tert-OH is 2. The average molecular weight is 314 g/mol. The lowest BCUT2D eigenvalue weighted by Crippen LogP contribution is -2.39. The van der Waals surface area contributed by atoms with E-state index in [2.05, 4.69) is 10.6 Å². The number of nitrogens with one attached hydrogen (secondary N) is 2. The molecule has 1 amide bonds. The summed E-state index contributed by atoms with van der Waals surface area (Å²) in [4.78, 5) is 12.2. The maximum absolute atomic E-state index is 12.2. The van der Waals surface area contributed by atoms with Crippen molar-refractivity contribution in [3.8, 4) is 0 Å². The molecule has 23 heavy (non-hydrogen) atoms. The quantitative estimate of drug-likeness (QED) is 0.582. The summed E-state index contributed by atoms with van der Waals surface area (Å²) in [6.07, 6.45) is -0.859. The van der Waals surface area contributed by atoms with Crippen LogP contribution in [0.1, 0.15) is 17.2 Å². The molecule has 1 unspecified atom stereocenters. The second-order valence-corrected chi connectivity index (χ2v) is 5.29. The van der Waals surface area contributed by atoms with Crippen molar-refractivity contribution < 1.29 is 15.0 Å². The Balaban J connectivity index is 2.03. The van der Waals surface area contributed by atoms with E-state index in [0.717, 1.165) is 11.1 Å². The number of benzene rings is 2. The summed E-state index contributed by atoms with van der Waals surface area (Å²) in [7, 11) is 0. The molecule has 122 valence electrons. The van der Waals surface area contributed by atoms with Crippen LogP contribution >= 0.6 is 0 Å². The summed E-state index contributed by atoms with van der Waals surface area (Å²) in [5, 5.41) is 23.8. The van der Waals surface area contributed by atoms with Crippen LogP contribution in [0, 0.1) is 0 Å². The van der Waals surface area contributed by atoms with Gasteiger partial charge in [0, 0.05) is 6.54 Å². The number of hydrogen-bond donors (Lipinski definition) is 4. The number of aliphatic hydroxyl groups is 2. The van der Waals surface area contributed by atoms with E-state index in [1.54, 1.807) is 0 Å². The van der Waals surface area contributed by atoms with Crippen molar-refractivity contribution in [2.75, 3.05) is 19.7 Å². The van der Waals surface area contributed by atoms with Crippen LogP contribution in [0.4, 0.5) is 0 Å². The van der Waals surface area contributed by atoms with Crippen molar-refractivity contribution in [2.24, 2.45) is 0 Å². The van der Waals surface area contributed by atoms with Gasteiger partial charge in [-0.2, -0.15) is 0 Å². The van der Waals surface area contributed by atoms with Gasteiger partial charge in [-0.3, -0.25) is 4.79 Å². The zero-order chi connectivity index (χ0) is 16.5. The Bertz CT molecular complexity index is 550. The predicted molar refractivity (Wildman–Crippen MR) is 88.8 cm³/mol. The lowest BCUT2D eigenvalue weighted by atomic mass is 9.99. The topological polar surface area (TPSA) is 81.6 Å². The SMILES string of the molecule is O=C(CNCC(O)CO)NC(c1ccccc1)c1ccccc1. The van der Waals surface area contributed by atoms with Crippen LogP contribution in [0.2, 0.25) is 0 Å². The number of carbonyl (C=O) groups is 1. The first-order chi connectivity index (χ1) is 11.2. The first-order valence-electron chi connectivity index (χ1n) is 7.59. The van der Waals surface area contributed by atoms with Gasteiger partial charge in [0.1, 0.15) is 0 Å². The third kappa shape index (κ3) is 5.49. The van der Waals surface area contributed by atoms with Crippen LogP contribution in [0.3, 0.4) is 0 Å². The molecule has 2 rings (SSSR count). The monoisotopic (exact) mass is 314 g/mol. The van der Waals surface area contributed by atoms with Crippen LogP contribution in [-0.4, -0.2) is 41.9 Å². The molecule has 5 heteroatoms. The van der Waals surface area contributed by atoms with Gasteiger partial charge in [-0.1, -0.05) is 60.7 Å². The minimum Gasteiger partial charge on any atom is -0.394 e. The summed E-state index contributed by atoms with van der Waals surface area (Å²) in [6, 6.07) is 19.3. The van der Waals surface area contributed by atoms with Crippen LogP contribution in [0.5, 0.6) is 0 Å². The predicted octanol–water partition coefficient (Wildman–Crippen LogP) is 0.835. The molecule has 0 aliphatic rings. The highest BCUT2D eigenvalue weighted by atomic mass is 16.3. The lowest BCUT2D eigenvalue weighted by Gasteiger charge is -2.20. The number of amides is 1. The zero-order valence-corrected chi connectivity index (χ0v) is 12.9. The van der Waals surface area contributed by atoms with E-state index in [0.29, 0.717) is 0 Å². The molecule has 4 N–H and O–H groups in total. The Labute approximate surface area is 136 Å². The van der Waals surface area contributed by atoms with Crippen molar-refractivity contribution in [3.05, 3.63) is 71.8 Å². The van der Waals surface area contributed by atoms with Gasteiger partial charge in [0.15, 0.2) is 0 Å². The molecule has 0 bridgehead atoms. The van der Waals surface area contributed by atoms with Crippen molar-refractivity contribution >= 4 is 5.91 Å². The molecule has 0 aliphatic heterocycles. The van der Waals surface area contributed by atoms with E-state index >= 15 is 0 Å². The van der Waals surface area contributed by atoms with Gasteiger partial charge >= 0.3 is 0 Å². The Morgan fingerprint density at radius 1 is 0.957 bits per heavy atom. The normalized spacial score (nSPS) is 12.1. The van der Waals surface area contributed by atoms with Gasteiger partial charge < -0.3 is 20.8 Å². The number of carbonyl (C=O) groups excluding carboxylic acids is 1. The van der Waals surface area contributed by atoms with Gasteiger partial charge in [0.05, 0.1) is 25.3 Å². The Morgan fingerprint density at radius 3 is 1.96 bits per heavy atom. The maximum Gasteiger partial charge on any atom is 0.234 e. The van der Waals surface area contributed by atoms with Crippen LogP contribution in [0.15, 0.2) is 60.7 Å². The minimum absolute atomic E-state index is 0.0766. The highest BCUT2D eigenvalue weighted by Crippen LogP contribution is 2.21. The molecule has 0 spiro atoms. The molecule has 0 fully saturated rings. The zero-order valence-electron chi connectivity index (χ0n) is 12.9. The van der Waals surface area contributed by atoms with E-state index in [4.69, 9.17) is 5.11 Å². The molecule has 2 aromatic rings. The van der Waals surface area contributed by atoms with Gasteiger partial charge in [-0.25, -0.2) is 0 Å². The van der Waals surface area contributed by atoms with Gasteiger partial charge in [-0.15, -0.1) is 0 Å². The van der Waals surface area contributed by atoms with Crippen molar-refractivity contribution in [2.45, 2.75) is 12.1 Å². The molecule has 0 heterocycles. The molecule has 0 saturated carbocycles. The highest BCUT2D eigenvalue weighted by Gasteiger charge is 2.16. The van der Waals surface area contributed by atoms with Crippen molar-refractivity contribution in [1.82, 2.24) is 10.6 Å². The van der Waals surface area contributed by atoms with E-state index in [-0.39, 0.29) is 31.6 Å². The fourth-order valence-electron chi connectivity index (χ4n) is 2.28. The summed E-state index contributed by atoms with van der Waals surface area (Å²) in [5.41, 5.74) is 2.00. The standard InChI is InChI=1S/C18H22N2O3/c21-13-16(22)11-19-12-17(23)20-18(14-7-3-1-4-8-14)15-9-5-2-6-10-15/h1-10,16,18-19,21-22H,11-13H2,(H,20,23). The molecular formula is C18H22N2O3. The molecule has 2 aromatic carbocycles. The summed E-state index contributed by atoms with van der Waals surface area (Å²) in [5.74, 6) is -0.173. The lowest BCUT2D eigenvalue weighted by molar-refractivity contribution is -0.120. The molecule has 1 atom stereocenters. The average Bonchev–Trinajstić information content (AvgIpc) is 2.61. The van der Waals surface area contributed by atoms with Gasteiger partial charge in [0.2, 0.25) is 5.91 Å². The second-order valence-electron chi connectivity index (χ2n) is 5.29. The largest absolute Gasteiger partial charge is 0.394 e. The highest BCUT2D eigenvalue weighted by molar-refractivity contribution is 5.79. The Hall–Kier alpha value is -2.21. The van der Waals surface area contributed by atoms with Crippen LogP contribution in [0.25, 0.3) is 0 Å². The summed E-state index contributed by atoms with van der Waals surface area (Å²) in [6.45, 7) is -0.0796. The third-order valence-corrected chi connectivity index (χ3v) is 3.45. The van der Waals surface area contributed by atoms with E-state index in [1.165, 1.54) is 0 Å². The van der Waals surface area contributed by atoms with E-state index < -0.39 is 6.10 Å². The van der Waals surface area contributed by atoms with Crippen LogP contribution < -0.4 is 10.6 Å². The Morgan fingerprint density at radius 2 is 1.48 bits per heavy atom. The smallest absolute Gasteiger partial charge is 0.234 e. The number of rotatable bonds is 8.